The molecule has 2 heterocycles. The molecule has 0 spiro atoms. The van der Waals surface area contributed by atoms with Crippen molar-refractivity contribution in [1.82, 2.24) is 15.0 Å². The molecule has 0 aromatic carbocycles. The van der Waals surface area contributed by atoms with Gasteiger partial charge >= 0.3 is 0 Å². The van der Waals surface area contributed by atoms with E-state index < -0.39 is 11.6 Å². The highest BCUT2D eigenvalue weighted by Crippen LogP contribution is 2.28. The van der Waals surface area contributed by atoms with E-state index in [1.807, 2.05) is 20.8 Å². The van der Waals surface area contributed by atoms with Crippen LogP contribution in [0.3, 0.4) is 0 Å². The Labute approximate surface area is 119 Å². The first-order valence-electron chi connectivity index (χ1n) is 5.74. The van der Waals surface area contributed by atoms with Crippen LogP contribution in [0.25, 0.3) is 0 Å². The molecule has 0 amide bonds. The molecule has 5 nitrogen and oxygen atoms in total. The Bertz CT molecular complexity index is 640. The summed E-state index contributed by atoms with van der Waals surface area (Å²) in [5.41, 5.74) is 4.66. The van der Waals surface area contributed by atoms with Gasteiger partial charge in [0.25, 0.3) is 0 Å². The van der Waals surface area contributed by atoms with Crippen molar-refractivity contribution in [2.75, 3.05) is 5.43 Å². The number of hydrogen-bond donors (Lipinski definition) is 2. The van der Waals surface area contributed by atoms with E-state index in [-0.39, 0.29) is 10.8 Å². The Morgan fingerprint density at radius 1 is 1.05 bits per heavy atom. The number of aryl methyl sites for hydroxylation is 2. The van der Waals surface area contributed by atoms with Crippen LogP contribution in [0.15, 0.2) is 16.2 Å². The number of nitrogen functional groups attached to an aromatic ring is 1. The second-order valence-electron chi connectivity index (χ2n) is 4.15. The molecule has 0 radical (unpaired) electrons. The highest BCUT2D eigenvalue weighted by molar-refractivity contribution is 7.99. The molecule has 0 fully saturated rings. The van der Waals surface area contributed by atoms with Gasteiger partial charge in [0.05, 0.1) is 0 Å². The Kier molecular flexibility index (Phi) is 4.15. The van der Waals surface area contributed by atoms with Gasteiger partial charge < -0.3 is 5.43 Å². The van der Waals surface area contributed by atoms with Crippen molar-refractivity contribution >= 4 is 17.6 Å². The normalized spacial score (nSPS) is 10.7. The van der Waals surface area contributed by atoms with E-state index >= 15 is 0 Å². The smallest absolute Gasteiger partial charge is 0.194 e. The number of anilines is 1. The lowest BCUT2D eigenvalue weighted by Crippen LogP contribution is -2.11. The lowest BCUT2D eigenvalue weighted by molar-refractivity contribution is 0.551. The summed E-state index contributed by atoms with van der Waals surface area (Å²) >= 11 is 0.919. The first kappa shape index (κ1) is 14.6. The molecule has 2 aromatic heterocycles. The van der Waals surface area contributed by atoms with Crippen molar-refractivity contribution in [3.8, 4) is 0 Å². The van der Waals surface area contributed by atoms with E-state index in [9.17, 15) is 8.78 Å². The van der Waals surface area contributed by atoms with E-state index in [2.05, 4.69) is 20.4 Å². The van der Waals surface area contributed by atoms with E-state index in [1.54, 1.807) is 0 Å². The van der Waals surface area contributed by atoms with Crippen LogP contribution in [0, 0.1) is 32.4 Å². The molecule has 0 aliphatic heterocycles. The number of aromatic nitrogens is 3. The lowest BCUT2D eigenvalue weighted by atomic mass is 10.2. The molecule has 2 aromatic rings. The van der Waals surface area contributed by atoms with Crippen LogP contribution in [0.4, 0.5) is 14.6 Å². The van der Waals surface area contributed by atoms with Gasteiger partial charge in [-0.2, -0.15) is 0 Å². The third-order valence-electron chi connectivity index (χ3n) is 2.83. The summed E-state index contributed by atoms with van der Waals surface area (Å²) in [5, 5.41) is 0.314. The van der Waals surface area contributed by atoms with E-state index in [0.29, 0.717) is 5.16 Å². The zero-order chi connectivity index (χ0) is 14.9. The number of nitrogens with one attached hydrogen (secondary N) is 1. The van der Waals surface area contributed by atoms with Gasteiger partial charge in [0.15, 0.2) is 22.6 Å². The molecule has 0 bridgehead atoms. The molecule has 106 valence electrons. The Morgan fingerprint density at radius 2 is 1.65 bits per heavy atom. The second-order valence-corrected chi connectivity index (χ2v) is 5.11. The van der Waals surface area contributed by atoms with Gasteiger partial charge in [-0.3, -0.25) is 0 Å². The number of pyridine rings is 1. The fraction of sp³-hybridized carbons (Fsp3) is 0.250. The van der Waals surface area contributed by atoms with Gasteiger partial charge in [0, 0.05) is 17.5 Å². The highest BCUT2D eigenvalue weighted by atomic mass is 32.2. The molecule has 0 saturated heterocycles. The van der Waals surface area contributed by atoms with Crippen molar-refractivity contribution in [3.63, 3.8) is 0 Å². The molecule has 0 unspecified atom stereocenters. The third kappa shape index (κ3) is 2.86. The Morgan fingerprint density at radius 3 is 2.20 bits per heavy atom. The average Bonchev–Trinajstić information content (AvgIpc) is 2.39. The maximum atomic E-state index is 13.7. The number of hydrogen-bond acceptors (Lipinski definition) is 6. The summed E-state index contributed by atoms with van der Waals surface area (Å²) in [6.07, 6.45) is 0. The van der Waals surface area contributed by atoms with Gasteiger partial charge in [-0.1, -0.05) is 0 Å². The predicted molar refractivity (Wildman–Crippen MR) is 72.3 cm³/mol. The molecule has 3 N–H and O–H groups in total. The van der Waals surface area contributed by atoms with Gasteiger partial charge in [0.2, 0.25) is 0 Å². The lowest BCUT2D eigenvalue weighted by Gasteiger charge is -2.08. The van der Waals surface area contributed by atoms with Gasteiger partial charge in [0.1, 0.15) is 5.03 Å². The molecule has 2 rings (SSSR count). The van der Waals surface area contributed by atoms with Crippen LogP contribution in [0.1, 0.15) is 17.0 Å². The topological polar surface area (TPSA) is 76.7 Å². The fourth-order valence-corrected chi connectivity index (χ4v) is 2.33. The number of nitrogens with zero attached hydrogens (tertiary/aromatic N) is 3. The van der Waals surface area contributed by atoms with Crippen molar-refractivity contribution < 1.29 is 8.78 Å². The quantitative estimate of drug-likeness (QED) is 0.515. The largest absolute Gasteiger partial charge is 0.306 e. The predicted octanol–water partition coefficient (Wildman–Crippen LogP) is 2.51. The maximum Gasteiger partial charge on any atom is 0.194 e. The second kappa shape index (κ2) is 5.68. The number of hydrazine groups is 1. The highest BCUT2D eigenvalue weighted by Gasteiger charge is 2.15. The van der Waals surface area contributed by atoms with E-state index in [4.69, 9.17) is 5.84 Å². The molecule has 8 heteroatoms. The first-order valence-corrected chi connectivity index (χ1v) is 6.56. The summed E-state index contributed by atoms with van der Waals surface area (Å²) in [4.78, 5) is 12.3. The van der Waals surface area contributed by atoms with Crippen molar-refractivity contribution in [1.29, 1.82) is 0 Å². The summed E-state index contributed by atoms with van der Waals surface area (Å²) in [6.45, 7) is 5.59. The minimum Gasteiger partial charge on any atom is -0.306 e. The van der Waals surface area contributed by atoms with Crippen LogP contribution in [0.2, 0.25) is 0 Å². The zero-order valence-corrected chi connectivity index (χ0v) is 12.0. The molecule has 0 aliphatic carbocycles. The summed E-state index contributed by atoms with van der Waals surface area (Å²) in [6, 6.07) is 0.721. The molecular weight excluding hydrogens is 284 g/mol. The van der Waals surface area contributed by atoms with Crippen molar-refractivity contribution in [2.24, 2.45) is 5.84 Å². The van der Waals surface area contributed by atoms with Gasteiger partial charge in [-0.25, -0.2) is 29.6 Å². The Hall–Kier alpha value is -1.80. The monoisotopic (exact) mass is 297 g/mol. The van der Waals surface area contributed by atoms with Crippen LogP contribution < -0.4 is 11.3 Å². The van der Waals surface area contributed by atoms with Gasteiger partial charge in [-0.05, 0) is 38.1 Å². The number of rotatable bonds is 3. The summed E-state index contributed by atoms with van der Waals surface area (Å²) in [7, 11) is 0. The van der Waals surface area contributed by atoms with Crippen molar-refractivity contribution in [3.05, 3.63) is 34.7 Å². The zero-order valence-electron chi connectivity index (χ0n) is 11.2. The SMILES string of the molecule is Cc1nc(Sc2nc(NN)c(F)cc2F)nc(C)c1C. The van der Waals surface area contributed by atoms with Gasteiger partial charge in [-0.15, -0.1) is 0 Å². The van der Waals surface area contributed by atoms with E-state index in [1.165, 1.54) is 0 Å². The number of nitrogens with two attached hydrogens (primary N) is 1. The minimum atomic E-state index is -0.855. The van der Waals surface area contributed by atoms with Crippen LogP contribution >= 0.6 is 11.8 Å². The van der Waals surface area contributed by atoms with Crippen LogP contribution in [-0.2, 0) is 0 Å². The Balaban J connectivity index is 2.39. The fourth-order valence-electron chi connectivity index (χ4n) is 1.50. The third-order valence-corrected chi connectivity index (χ3v) is 3.68. The molecular formula is C12H13F2N5S. The minimum absolute atomic E-state index is 0.0398. The van der Waals surface area contributed by atoms with Crippen molar-refractivity contribution in [2.45, 2.75) is 31.0 Å². The molecule has 0 aliphatic rings. The van der Waals surface area contributed by atoms with E-state index in [0.717, 1.165) is 34.8 Å². The summed E-state index contributed by atoms with van der Waals surface area (Å²) < 4.78 is 27.0. The standard InChI is InChI=1S/C12H13F2N5S/c1-5-6(2)16-12(17-7(5)3)20-11-9(14)4-8(13)10(18-11)19-15/h4H,15H2,1-3H3,(H,18,19). The first-order chi connectivity index (χ1) is 9.42. The molecule has 0 saturated carbocycles. The van der Waals surface area contributed by atoms with Crippen LogP contribution in [0.5, 0.6) is 0 Å². The number of halogens is 2. The average molecular weight is 297 g/mol. The van der Waals surface area contributed by atoms with Crippen LogP contribution in [-0.4, -0.2) is 15.0 Å². The maximum absolute atomic E-state index is 13.7. The summed E-state index contributed by atoms with van der Waals surface area (Å²) in [5.74, 6) is 3.25. The molecule has 20 heavy (non-hydrogen) atoms. The molecule has 0 atom stereocenters.